The van der Waals surface area contributed by atoms with Crippen molar-refractivity contribution in [3.63, 3.8) is 0 Å². The van der Waals surface area contributed by atoms with Crippen LogP contribution in [0.1, 0.15) is 13.3 Å². The third kappa shape index (κ3) is 3.68. The molecule has 0 heterocycles. The third-order valence-corrected chi connectivity index (χ3v) is 2.86. The lowest BCUT2D eigenvalue weighted by atomic mass is 10.1. The van der Waals surface area contributed by atoms with Crippen LogP contribution in [-0.4, -0.2) is 54.4 Å². The molecule has 0 amide bonds. The maximum Gasteiger partial charge on any atom is 0.637 e. The Morgan fingerprint density at radius 3 is 1.43 bits per heavy atom. The Labute approximate surface area is 124 Å². The predicted octanol–water partition coefficient (Wildman–Crippen LogP) is -0.683. The number of hydrazine groups is 1. The number of nitro groups is 5. The fourth-order valence-corrected chi connectivity index (χ4v) is 1.43. The summed E-state index contributed by atoms with van der Waals surface area (Å²) in [5, 5.41) is 50.9. The zero-order valence-corrected chi connectivity index (χ0v) is 11.3. The lowest BCUT2D eigenvalue weighted by Crippen LogP contribution is -2.60. The molecule has 23 heavy (non-hydrogen) atoms. The van der Waals surface area contributed by atoms with Gasteiger partial charge in [-0.15, -0.1) is 0 Å². The first-order valence-corrected chi connectivity index (χ1v) is 5.51. The molecule has 0 aromatic carbocycles. The highest BCUT2D eigenvalue weighted by atomic mass is 19.2. The highest BCUT2D eigenvalue weighted by molar-refractivity contribution is 4.70. The van der Waals surface area contributed by atoms with Crippen LogP contribution in [-0.2, 0) is 0 Å². The van der Waals surface area contributed by atoms with Gasteiger partial charge in [-0.3, -0.25) is 40.5 Å². The molecule has 0 rings (SSSR count). The van der Waals surface area contributed by atoms with Gasteiger partial charge in [0.15, 0.2) is 5.03 Å². The van der Waals surface area contributed by atoms with Gasteiger partial charge in [0.05, 0.1) is 6.42 Å². The van der Waals surface area contributed by atoms with Gasteiger partial charge in [-0.05, 0) is 0 Å². The quantitative estimate of drug-likeness (QED) is 0.209. The van der Waals surface area contributed by atoms with E-state index in [1.165, 1.54) is 0 Å². The van der Waals surface area contributed by atoms with E-state index in [1.807, 2.05) is 0 Å². The SMILES string of the molecule is CCC(CN(CC(F)([N+](=O)[O-])[N+](=O)[O-])[N+](=O)[O-])([N+](=O)[O-])[N+](=O)[O-]. The van der Waals surface area contributed by atoms with Crippen molar-refractivity contribution < 1.29 is 29.1 Å². The van der Waals surface area contributed by atoms with Gasteiger partial charge in [0.2, 0.25) is 6.54 Å². The van der Waals surface area contributed by atoms with Crippen molar-refractivity contribution in [3.8, 4) is 0 Å². The Bertz CT molecular complexity index is 524. The zero-order chi connectivity index (χ0) is 18.6. The van der Waals surface area contributed by atoms with Crippen molar-refractivity contribution in [2.45, 2.75) is 24.9 Å². The molecule has 0 saturated carbocycles. The standard InChI is InChI=1S/C6H9FN6O10/c1-2-5(9(14)15,10(16)17)3-8(13(22)23)4-6(7,11(18)19)12(20)21/h2-4H2,1H3. The Morgan fingerprint density at radius 2 is 1.22 bits per heavy atom. The number of alkyl halides is 1. The molecule has 0 radical (unpaired) electrons. The number of hydrogen-bond acceptors (Lipinski definition) is 10. The molecule has 0 bridgehead atoms. The van der Waals surface area contributed by atoms with Crippen molar-refractivity contribution >= 4 is 0 Å². The monoisotopic (exact) mass is 344 g/mol. The largest absolute Gasteiger partial charge is 0.637 e. The fraction of sp³-hybridized carbons (Fsp3) is 1.00. The summed E-state index contributed by atoms with van der Waals surface area (Å²) >= 11 is 0. The number of rotatable bonds is 10. The summed E-state index contributed by atoms with van der Waals surface area (Å²) in [5.41, 5.74) is -3.19. The number of halogens is 1. The molecule has 0 unspecified atom stereocenters. The van der Waals surface area contributed by atoms with Crippen molar-refractivity contribution in [1.82, 2.24) is 5.01 Å². The van der Waals surface area contributed by atoms with Gasteiger partial charge in [0, 0.05) is 0 Å². The van der Waals surface area contributed by atoms with Gasteiger partial charge in [-0.1, -0.05) is 16.3 Å². The van der Waals surface area contributed by atoms with Gasteiger partial charge >= 0.3 is 11.6 Å². The summed E-state index contributed by atoms with van der Waals surface area (Å²) in [6, 6.07) is 0. The molecule has 0 saturated heterocycles. The van der Waals surface area contributed by atoms with Gasteiger partial charge in [-0.2, -0.15) is 0 Å². The summed E-state index contributed by atoms with van der Waals surface area (Å²) in [6.07, 6.45) is -0.895. The van der Waals surface area contributed by atoms with E-state index in [-0.39, 0.29) is 0 Å². The molecule has 0 aromatic rings. The molecule has 0 aliphatic rings. The molecular weight excluding hydrogens is 335 g/mol. The Balaban J connectivity index is 5.80. The topological polar surface area (TPSA) is 219 Å². The maximum absolute atomic E-state index is 13.6. The first kappa shape index (κ1) is 19.7. The smallest absolute Gasteiger partial charge is 0.258 e. The van der Waals surface area contributed by atoms with Crippen LogP contribution >= 0.6 is 0 Å². The predicted molar refractivity (Wildman–Crippen MR) is 63.4 cm³/mol. The van der Waals surface area contributed by atoms with Crippen molar-refractivity contribution in [2.24, 2.45) is 0 Å². The van der Waals surface area contributed by atoms with E-state index in [4.69, 9.17) is 0 Å². The highest BCUT2D eigenvalue weighted by Crippen LogP contribution is 2.21. The normalized spacial score (nSPS) is 11.6. The molecule has 0 fully saturated rings. The van der Waals surface area contributed by atoms with Crippen LogP contribution in [0.5, 0.6) is 0 Å². The second-order valence-corrected chi connectivity index (χ2v) is 4.14. The number of hydrogen-bond donors (Lipinski definition) is 0. The van der Waals surface area contributed by atoms with E-state index in [9.17, 15) is 55.0 Å². The summed E-state index contributed by atoms with van der Waals surface area (Å²) < 4.78 is 13.6. The summed E-state index contributed by atoms with van der Waals surface area (Å²) in [4.78, 5) is 46.0. The molecule has 130 valence electrons. The zero-order valence-electron chi connectivity index (χ0n) is 11.3. The molecule has 0 N–H and O–H groups in total. The molecule has 17 heteroatoms. The molecule has 0 aliphatic carbocycles. The van der Waals surface area contributed by atoms with Crippen LogP contribution in [0.15, 0.2) is 0 Å². The maximum atomic E-state index is 13.6. The van der Waals surface area contributed by atoms with Gasteiger partial charge in [-0.25, -0.2) is 10.1 Å². The van der Waals surface area contributed by atoms with E-state index in [0.29, 0.717) is 0 Å². The van der Waals surface area contributed by atoms with Crippen LogP contribution in [0.3, 0.4) is 0 Å². The Hall–Kier alpha value is -3.27. The summed E-state index contributed by atoms with van der Waals surface area (Å²) in [6.45, 7) is -2.96. The van der Waals surface area contributed by atoms with E-state index < -0.39 is 60.8 Å². The number of nitrogens with zero attached hydrogens (tertiary/aromatic N) is 6. The minimum atomic E-state index is -4.57. The third-order valence-electron chi connectivity index (χ3n) is 2.86. The minimum absolute atomic E-state index is 0.638. The van der Waals surface area contributed by atoms with Crippen LogP contribution in [0.2, 0.25) is 0 Å². The molecule has 0 spiro atoms. The van der Waals surface area contributed by atoms with Crippen LogP contribution in [0.25, 0.3) is 0 Å². The van der Waals surface area contributed by atoms with Crippen LogP contribution in [0.4, 0.5) is 4.39 Å². The Kier molecular flexibility index (Phi) is 5.71. The van der Waals surface area contributed by atoms with E-state index in [2.05, 4.69) is 0 Å². The highest BCUT2D eigenvalue weighted by Gasteiger charge is 2.65. The first-order chi connectivity index (χ1) is 10.3. The van der Waals surface area contributed by atoms with Crippen LogP contribution < -0.4 is 0 Å². The summed E-state index contributed by atoms with van der Waals surface area (Å²) in [5.74, 6) is -4.57. The van der Waals surface area contributed by atoms with E-state index in [1.54, 1.807) is 0 Å². The molecular formula is C6H9FN6O10. The lowest BCUT2D eigenvalue weighted by molar-refractivity contribution is -0.847. The van der Waals surface area contributed by atoms with Crippen molar-refractivity contribution in [3.05, 3.63) is 50.6 Å². The second kappa shape index (κ2) is 6.66. The van der Waals surface area contributed by atoms with E-state index in [0.717, 1.165) is 6.92 Å². The van der Waals surface area contributed by atoms with Gasteiger partial charge in [0.25, 0.3) is 6.54 Å². The first-order valence-electron chi connectivity index (χ1n) is 5.51. The van der Waals surface area contributed by atoms with Crippen LogP contribution in [0, 0.1) is 50.6 Å². The Morgan fingerprint density at radius 1 is 0.826 bits per heavy atom. The minimum Gasteiger partial charge on any atom is -0.258 e. The van der Waals surface area contributed by atoms with E-state index >= 15 is 0 Å². The average molecular weight is 344 g/mol. The summed E-state index contributed by atoms with van der Waals surface area (Å²) in [7, 11) is 0. The second-order valence-electron chi connectivity index (χ2n) is 4.14. The van der Waals surface area contributed by atoms with Gasteiger partial charge < -0.3 is 0 Å². The van der Waals surface area contributed by atoms with Crippen molar-refractivity contribution in [2.75, 3.05) is 13.1 Å². The van der Waals surface area contributed by atoms with Gasteiger partial charge in [0.1, 0.15) is 19.7 Å². The molecule has 0 aliphatic heterocycles. The molecule has 0 aromatic heterocycles. The molecule has 0 atom stereocenters. The van der Waals surface area contributed by atoms with Crippen molar-refractivity contribution in [1.29, 1.82) is 0 Å². The lowest BCUT2D eigenvalue weighted by Gasteiger charge is -2.20. The molecule has 16 nitrogen and oxygen atoms in total. The fourth-order valence-electron chi connectivity index (χ4n) is 1.43. The average Bonchev–Trinajstić information content (AvgIpc) is 2.41.